The molecule has 0 unspecified atom stereocenters. The van der Waals surface area contributed by atoms with Crippen molar-refractivity contribution >= 4 is 27.8 Å². The molecular formula is C10H7F3N2O3S. The number of aromatic amines is 1. The van der Waals surface area contributed by atoms with Crippen molar-refractivity contribution < 1.29 is 18.0 Å². The van der Waals surface area contributed by atoms with Gasteiger partial charge in [-0.15, -0.1) is 11.3 Å². The second-order valence-corrected chi connectivity index (χ2v) is 4.90. The van der Waals surface area contributed by atoms with Crippen LogP contribution in [0, 0.1) is 6.92 Å². The third kappa shape index (κ3) is 2.33. The van der Waals surface area contributed by atoms with E-state index < -0.39 is 24.0 Å². The van der Waals surface area contributed by atoms with E-state index >= 15 is 0 Å². The number of halogens is 3. The van der Waals surface area contributed by atoms with Crippen molar-refractivity contribution in [1.82, 2.24) is 9.55 Å². The highest BCUT2D eigenvalue weighted by Crippen LogP contribution is 2.24. The van der Waals surface area contributed by atoms with E-state index in [9.17, 15) is 27.6 Å². The van der Waals surface area contributed by atoms with Crippen molar-refractivity contribution in [2.24, 2.45) is 0 Å². The van der Waals surface area contributed by atoms with E-state index in [1.54, 1.807) is 0 Å². The molecule has 0 aromatic carbocycles. The van der Waals surface area contributed by atoms with Crippen molar-refractivity contribution in [3.63, 3.8) is 0 Å². The maximum atomic E-state index is 12.3. The third-order valence-electron chi connectivity index (χ3n) is 2.55. The van der Waals surface area contributed by atoms with Crippen LogP contribution in [0.5, 0.6) is 0 Å². The monoisotopic (exact) mass is 292 g/mol. The topological polar surface area (TPSA) is 71.9 Å². The number of nitrogens with one attached hydrogen (secondary N) is 1. The van der Waals surface area contributed by atoms with Crippen LogP contribution >= 0.6 is 11.3 Å². The lowest BCUT2D eigenvalue weighted by Gasteiger charge is -2.08. The maximum Gasteiger partial charge on any atom is 0.406 e. The number of carbonyl (C=O) groups is 1. The van der Waals surface area contributed by atoms with Crippen molar-refractivity contribution in [3.05, 3.63) is 31.3 Å². The molecule has 0 radical (unpaired) electrons. The first-order valence-electron chi connectivity index (χ1n) is 5.02. The molecule has 0 atom stereocenters. The zero-order valence-corrected chi connectivity index (χ0v) is 10.3. The van der Waals surface area contributed by atoms with Gasteiger partial charge in [-0.3, -0.25) is 19.1 Å². The van der Waals surface area contributed by atoms with E-state index in [2.05, 4.69) is 4.98 Å². The largest absolute Gasteiger partial charge is 0.406 e. The SMILES string of the molecule is Cc1c(C=O)sc2[nH]c(=O)n(CC(F)(F)F)c(=O)c12. The van der Waals surface area contributed by atoms with E-state index in [4.69, 9.17) is 0 Å². The van der Waals surface area contributed by atoms with Crippen LogP contribution < -0.4 is 11.2 Å². The Morgan fingerprint density at radius 3 is 2.53 bits per heavy atom. The second-order valence-electron chi connectivity index (χ2n) is 3.85. The molecule has 2 heterocycles. The number of aldehydes is 1. The van der Waals surface area contributed by atoms with E-state index in [-0.39, 0.29) is 25.2 Å². The number of hydrogen-bond acceptors (Lipinski definition) is 4. The van der Waals surface area contributed by atoms with Gasteiger partial charge >= 0.3 is 11.9 Å². The molecule has 0 amide bonds. The number of aromatic nitrogens is 2. The maximum absolute atomic E-state index is 12.3. The predicted octanol–water partition coefficient (Wildman–Crippen LogP) is 1.43. The Bertz CT molecular complexity index is 769. The van der Waals surface area contributed by atoms with Crippen LogP contribution in [0.15, 0.2) is 9.59 Å². The molecule has 102 valence electrons. The molecule has 0 saturated carbocycles. The Labute approximate surface area is 107 Å². The Morgan fingerprint density at radius 1 is 1.37 bits per heavy atom. The van der Waals surface area contributed by atoms with Crippen molar-refractivity contribution in [2.75, 3.05) is 0 Å². The van der Waals surface area contributed by atoms with Crippen molar-refractivity contribution in [2.45, 2.75) is 19.6 Å². The molecule has 9 heteroatoms. The fourth-order valence-electron chi connectivity index (χ4n) is 1.70. The number of hydrogen-bond donors (Lipinski definition) is 1. The summed E-state index contributed by atoms with van der Waals surface area (Å²) in [6.07, 6.45) is -4.19. The first kappa shape index (κ1) is 13.5. The summed E-state index contributed by atoms with van der Waals surface area (Å²) in [4.78, 5) is 36.6. The van der Waals surface area contributed by atoms with Gasteiger partial charge in [0.15, 0.2) is 6.29 Å². The van der Waals surface area contributed by atoms with Gasteiger partial charge in [0, 0.05) is 0 Å². The average molecular weight is 292 g/mol. The lowest BCUT2D eigenvalue weighted by atomic mass is 10.2. The van der Waals surface area contributed by atoms with Gasteiger partial charge in [0.2, 0.25) is 0 Å². The second kappa shape index (κ2) is 4.34. The average Bonchev–Trinajstić information content (AvgIpc) is 2.60. The fourth-order valence-corrected chi connectivity index (χ4v) is 2.71. The van der Waals surface area contributed by atoms with Crippen LogP contribution in [0.1, 0.15) is 15.2 Å². The minimum Gasteiger partial charge on any atom is -0.298 e. The molecule has 0 spiro atoms. The van der Waals surface area contributed by atoms with Gasteiger partial charge in [0.25, 0.3) is 5.56 Å². The van der Waals surface area contributed by atoms with Gasteiger partial charge in [0.05, 0.1) is 10.3 Å². The molecule has 5 nitrogen and oxygen atoms in total. The lowest BCUT2D eigenvalue weighted by Crippen LogP contribution is -2.39. The summed E-state index contributed by atoms with van der Waals surface area (Å²) < 4.78 is 37.0. The van der Waals surface area contributed by atoms with E-state index in [1.165, 1.54) is 6.92 Å². The Morgan fingerprint density at radius 2 is 2.00 bits per heavy atom. The van der Waals surface area contributed by atoms with E-state index in [0.717, 1.165) is 11.3 Å². The van der Waals surface area contributed by atoms with Crippen LogP contribution in [0.2, 0.25) is 0 Å². The molecular weight excluding hydrogens is 285 g/mol. The summed E-state index contributed by atoms with van der Waals surface area (Å²) in [6.45, 7) is -0.219. The van der Waals surface area contributed by atoms with Crippen molar-refractivity contribution in [3.8, 4) is 0 Å². The number of alkyl halides is 3. The summed E-state index contributed by atoms with van der Waals surface area (Å²) in [5, 5.41) is -0.0593. The normalized spacial score (nSPS) is 12.0. The van der Waals surface area contributed by atoms with Gasteiger partial charge in [-0.05, 0) is 12.5 Å². The highest BCUT2D eigenvalue weighted by Gasteiger charge is 2.30. The Balaban J connectivity index is 2.81. The molecule has 2 rings (SSSR count). The highest BCUT2D eigenvalue weighted by atomic mass is 32.1. The summed E-state index contributed by atoms with van der Waals surface area (Å²) in [7, 11) is 0. The van der Waals surface area contributed by atoms with Crippen LogP contribution in [-0.4, -0.2) is 22.0 Å². The molecule has 19 heavy (non-hydrogen) atoms. The molecule has 1 N–H and O–H groups in total. The lowest BCUT2D eigenvalue weighted by molar-refractivity contribution is -0.141. The van der Waals surface area contributed by atoms with Gasteiger partial charge in [-0.1, -0.05) is 0 Å². The molecule has 0 aliphatic rings. The van der Waals surface area contributed by atoms with Gasteiger partial charge in [-0.2, -0.15) is 13.2 Å². The summed E-state index contributed by atoms with van der Waals surface area (Å²) >= 11 is 0.861. The standard InChI is InChI=1S/C10H7F3N2O3S/c1-4-5(2-16)19-7-6(4)8(17)15(9(18)14-7)3-10(11,12)13/h2H,3H2,1H3,(H,14,18). The molecule has 0 aliphatic heterocycles. The van der Waals surface area contributed by atoms with Crippen LogP contribution in [0.25, 0.3) is 10.2 Å². The van der Waals surface area contributed by atoms with Crippen LogP contribution in [-0.2, 0) is 6.54 Å². The predicted molar refractivity (Wildman–Crippen MR) is 62.9 cm³/mol. The van der Waals surface area contributed by atoms with Crippen LogP contribution in [0.3, 0.4) is 0 Å². The molecule has 0 aliphatic carbocycles. The van der Waals surface area contributed by atoms with Gasteiger partial charge < -0.3 is 0 Å². The minimum atomic E-state index is -4.68. The number of aryl methyl sites for hydroxylation is 1. The number of rotatable bonds is 2. The van der Waals surface area contributed by atoms with Gasteiger partial charge in [-0.25, -0.2) is 4.79 Å². The summed E-state index contributed by atoms with van der Waals surface area (Å²) in [5.74, 6) is 0. The summed E-state index contributed by atoms with van der Waals surface area (Å²) in [5.41, 5.74) is -1.92. The van der Waals surface area contributed by atoms with E-state index in [1.807, 2.05) is 0 Å². The number of fused-ring (bicyclic) bond motifs is 1. The van der Waals surface area contributed by atoms with Gasteiger partial charge in [0.1, 0.15) is 11.4 Å². The number of carbonyl (C=O) groups excluding carboxylic acids is 1. The zero-order chi connectivity index (χ0) is 14.4. The molecule has 0 saturated heterocycles. The fraction of sp³-hybridized carbons (Fsp3) is 0.300. The Kier molecular flexibility index (Phi) is 3.09. The smallest absolute Gasteiger partial charge is 0.298 e. The first-order chi connectivity index (χ1) is 8.74. The van der Waals surface area contributed by atoms with E-state index in [0.29, 0.717) is 6.29 Å². The number of thiophene rings is 1. The van der Waals surface area contributed by atoms with Crippen LogP contribution in [0.4, 0.5) is 13.2 Å². The van der Waals surface area contributed by atoms with Crippen molar-refractivity contribution in [1.29, 1.82) is 0 Å². The molecule has 0 fully saturated rings. The highest BCUT2D eigenvalue weighted by molar-refractivity contribution is 7.20. The summed E-state index contributed by atoms with van der Waals surface area (Å²) in [6, 6.07) is 0. The quantitative estimate of drug-likeness (QED) is 0.851. The molecule has 2 aromatic rings. The zero-order valence-electron chi connectivity index (χ0n) is 9.50. The third-order valence-corrected chi connectivity index (χ3v) is 3.69. The molecule has 2 aromatic heterocycles. The number of nitrogens with zero attached hydrogens (tertiary/aromatic N) is 1. The number of H-pyrrole nitrogens is 1. The molecule has 0 bridgehead atoms. The Hall–Kier alpha value is -1.90. The first-order valence-corrected chi connectivity index (χ1v) is 5.84. The minimum absolute atomic E-state index is 0.0593.